The summed E-state index contributed by atoms with van der Waals surface area (Å²) in [4.78, 5) is 12.6. The maximum Gasteiger partial charge on any atom is 0.343 e. The van der Waals surface area contributed by atoms with Crippen LogP contribution in [0.3, 0.4) is 0 Å². The van der Waals surface area contributed by atoms with Gasteiger partial charge in [0.2, 0.25) is 0 Å². The molecule has 2 aromatic carbocycles. The Kier molecular flexibility index (Phi) is 7.43. The van der Waals surface area contributed by atoms with Crippen molar-refractivity contribution in [2.45, 2.75) is 45.1 Å². The Labute approximate surface area is 162 Å². The minimum absolute atomic E-state index is 0.159. The molecular formula is C23H30N2O2. The number of piperazine rings is 1. The minimum Gasteiger partial charge on any atom is -0.423 e. The lowest BCUT2D eigenvalue weighted by molar-refractivity contribution is 0.0732. The molecule has 1 unspecified atom stereocenters. The van der Waals surface area contributed by atoms with Gasteiger partial charge in [0, 0.05) is 31.2 Å². The molecule has 1 fully saturated rings. The third-order valence-corrected chi connectivity index (χ3v) is 5.03. The molecule has 0 radical (unpaired) electrons. The Hall–Kier alpha value is -2.17. The third-order valence-electron chi connectivity index (χ3n) is 5.03. The molecule has 1 saturated heterocycles. The van der Waals surface area contributed by atoms with Crippen LogP contribution in [0.1, 0.15) is 60.1 Å². The predicted molar refractivity (Wildman–Crippen MR) is 109 cm³/mol. The number of nitrogens with one attached hydrogen (secondary N) is 2. The van der Waals surface area contributed by atoms with Crippen LogP contribution in [0.5, 0.6) is 5.75 Å². The summed E-state index contributed by atoms with van der Waals surface area (Å²) in [6.07, 6.45) is 5.94. The molecule has 2 N–H and O–H groups in total. The highest BCUT2D eigenvalue weighted by Gasteiger charge is 2.21. The van der Waals surface area contributed by atoms with Crippen molar-refractivity contribution in [2.24, 2.45) is 0 Å². The molecule has 0 saturated carbocycles. The summed E-state index contributed by atoms with van der Waals surface area (Å²) in [5, 5.41) is 6.92. The first-order valence-electron chi connectivity index (χ1n) is 10.1. The fourth-order valence-electron chi connectivity index (χ4n) is 3.47. The fourth-order valence-corrected chi connectivity index (χ4v) is 3.47. The van der Waals surface area contributed by atoms with Gasteiger partial charge in [0.25, 0.3) is 0 Å². The summed E-state index contributed by atoms with van der Waals surface area (Å²) in [7, 11) is 0. The molecule has 0 aliphatic carbocycles. The molecule has 1 heterocycles. The van der Waals surface area contributed by atoms with Crippen molar-refractivity contribution in [1.82, 2.24) is 10.6 Å². The van der Waals surface area contributed by atoms with E-state index in [0.29, 0.717) is 11.3 Å². The Morgan fingerprint density at radius 3 is 2.67 bits per heavy atom. The molecule has 4 heteroatoms. The molecule has 4 nitrogen and oxygen atoms in total. The Balaban J connectivity index is 1.78. The van der Waals surface area contributed by atoms with Crippen molar-refractivity contribution in [2.75, 3.05) is 19.6 Å². The van der Waals surface area contributed by atoms with Crippen LogP contribution in [0.15, 0.2) is 48.5 Å². The van der Waals surface area contributed by atoms with Crippen LogP contribution in [-0.2, 0) is 6.42 Å². The quantitative estimate of drug-likeness (QED) is 0.416. The van der Waals surface area contributed by atoms with Gasteiger partial charge in [-0.3, -0.25) is 0 Å². The summed E-state index contributed by atoms with van der Waals surface area (Å²) in [5.41, 5.74) is 2.85. The van der Waals surface area contributed by atoms with Crippen molar-refractivity contribution < 1.29 is 9.53 Å². The normalized spacial score (nSPS) is 16.9. The van der Waals surface area contributed by atoms with Crippen molar-refractivity contribution in [3.63, 3.8) is 0 Å². The van der Waals surface area contributed by atoms with Gasteiger partial charge in [-0.05, 0) is 36.6 Å². The number of hydrogen-bond acceptors (Lipinski definition) is 4. The van der Waals surface area contributed by atoms with Crippen LogP contribution < -0.4 is 15.4 Å². The van der Waals surface area contributed by atoms with E-state index in [1.54, 1.807) is 12.1 Å². The van der Waals surface area contributed by atoms with Gasteiger partial charge in [-0.15, -0.1) is 0 Å². The van der Waals surface area contributed by atoms with Gasteiger partial charge in [0.1, 0.15) is 5.75 Å². The fraction of sp³-hybridized carbons (Fsp3) is 0.435. The number of esters is 1. The predicted octanol–water partition coefficient (Wildman–Crippen LogP) is 4.26. The van der Waals surface area contributed by atoms with Crippen LogP contribution in [0, 0.1) is 0 Å². The second kappa shape index (κ2) is 10.2. The highest BCUT2D eigenvalue weighted by atomic mass is 16.5. The third kappa shape index (κ3) is 5.65. The van der Waals surface area contributed by atoms with E-state index < -0.39 is 0 Å². The van der Waals surface area contributed by atoms with E-state index in [4.69, 9.17) is 4.74 Å². The van der Waals surface area contributed by atoms with Crippen LogP contribution >= 0.6 is 0 Å². The number of hydrogen-bond donors (Lipinski definition) is 2. The zero-order valence-corrected chi connectivity index (χ0v) is 16.2. The molecule has 0 spiro atoms. The average Bonchev–Trinajstić information content (AvgIpc) is 2.73. The number of aryl methyl sites for hydroxylation is 1. The van der Waals surface area contributed by atoms with E-state index in [9.17, 15) is 4.79 Å². The average molecular weight is 367 g/mol. The molecular weight excluding hydrogens is 336 g/mol. The summed E-state index contributed by atoms with van der Waals surface area (Å²) < 4.78 is 5.85. The van der Waals surface area contributed by atoms with Crippen LogP contribution in [0.25, 0.3) is 0 Å². The molecule has 2 aromatic rings. The largest absolute Gasteiger partial charge is 0.423 e. The molecule has 3 rings (SSSR count). The molecule has 1 atom stereocenters. The van der Waals surface area contributed by atoms with E-state index in [0.717, 1.165) is 31.6 Å². The summed E-state index contributed by atoms with van der Waals surface area (Å²) in [6.45, 7) is 4.94. The standard InChI is InChI=1S/C23H30N2O2/c1-2-3-4-6-9-18-12-13-20(21-17-24-14-15-25-21)22(16-18)27-23(26)19-10-7-5-8-11-19/h5,7-8,10-13,16,21,24-25H,2-4,6,9,14-15,17H2,1H3. The molecule has 144 valence electrons. The van der Waals surface area contributed by atoms with Gasteiger partial charge >= 0.3 is 5.97 Å². The number of carbonyl (C=O) groups excluding carboxylic acids is 1. The Bertz CT molecular complexity index is 724. The Morgan fingerprint density at radius 2 is 1.93 bits per heavy atom. The first-order valence-corrected chi connectivity index (χ1v) is 10.1. The topological polar surface area (TPSA) is 50.4 Å². The summed E-state index contributed by atoms with van der Waals surface area (Å²) in [5.74, 6) is 0.377. The van der Waals surface area contributed by atoms with Crippen LogP contribution in [0.2, 0.25) is 0 Å². The van der Waals surface area contributed by atoms with E-state index in [1.165, 1.54) is 31.2 Å². The molecule has 0 aromatic heterocycles. The molecule has 27 heavy (non-hydrogen) atoms. The SMILES string of the molecule is CCCCCCc1ccc(C2CNCCN2)c(OC(=O)c2ccccc2)c1. The molecule has 0 amide bonds. The van der Waals surface area contributed by atoms with Gasteiger partial charge in [0.05, 0.1) is 5.56 Å². The Morgan fingerprint density at radius 1 is 1.07 bits per heavy atom. The van der Waals surface area contributed by atoms with Crippen LogP contribution in [0.4, 0.5) is 0 Å². The van der Waals surface area contributed by atoms with Gasteiger partial charge in [-0.2, -0.15) is 0 Å². The molecule has 0 bridgehead atoms. The number of ether oxygens (including phenoxy) is 1. The van der Waals surface area contributed by atoms with Gasteiger partial charge < -0.3 is 15.4 Å². The first-order chi connectivity index (χ1) is 13.3. The van der Waals surface area contributed by atoms with Gasteiger partial charge in [0.15, 0.2) is 0 Å². The van der Waals surface area contributed by atoms with Gasteiger partial charge in [-0.1, -0.05) is 56.5 Å². The van der Waals surface area contributed by atoms with Crippen LogP contribution in [-0.4, -0.2) is 25.6 Å². The molecule has 1 aliphatic rings. The number of unbranched alkanes of at least 4 members (excludes halogenated alkanes) is 3. The second-order valence-electron chi connectivity index (χ2n) is 7.15. The summed E-state index contributed by atoms with van der Waals surface area (Å²) in [6, 6.07) is 15.7. The lowest BCUT2D eigenvalue weighted by Crippen LogP contribution is -2.42. The zero-order chi connectivity index (χ0) is 18.9. The highest BCUT2D eigenvalue weighted by molar-refractivity contribution is 5.91. The smallest absolute Gasteiger partial charge is 0.343 e. The van der Waals surface area contributed by atoms with Crippen molar-refractivity contribution in [3.05, 3.63) is 65.2 Å². The van der Waals surface area contributed by atoms with E-state index in [1.807, 2.05) is 18.2 Å². The number of carbonyl (C=O) groups is 1. The van der Waals surface area contributed by atoms with Crippen molar-refractivity contribution in [1.29, 1.82) is 0 Å². The minimum atomic E-state index is -0.302. The first kappa shape index (κ1) is 19.6. The van der Waals surface area contributed by atoms with Crippen molar-refractivity contribution in [3.8, 4) is 5.75 Å². The molecule has 1 aliphatic heterocycles. The highest BCUT2D eigenvalue weighted by Crippen LogP contribution is 2.29. The zero-order valence-electron chi connectivity index (χ0n) is 16.2. The van der Waals surface area contributed by atoms with Gasteiger partial charge in [-0.25, -0.2) is 4.79 Å². The lowest BCUT2D eigenvalue weighted by Gasteiger charge is -2.26. The number of benzene rings is 2. The maximum absolute atomic E-state index is 12.6. The number of rotatable bonds is 8. The van der Waals surface area contributed by atoms with E-state index in [2.05, 4.69) is 35.8 Å². The maximum atomic E-state index is 12.6. The monoisotopic (exact) mass is 366 g/mol. The lowest BCUT2D eigenvalue weighted by atomic mass is 9.99. The van der Waals surface area contributed by atoms with E-state index >= 15 is 0 Å². The van der Waals surface area contributed by atoms with E-state index in [-0.39, 0.29) is 12.0 Å². The second-order valence-corrected chi connectivity index (χ2v) is 7.15. The van der Waals surface area contributed by atoms with Crippen molar-refractivity contribution >= 4 is 5.97 Å². The summed E-state index contributed by atoms with van der Waals surface area (Å²) >= 11 is 0.